The maximum Gasteiger partial charge on any atom is 0.324 e. The van der Waals surface area contributed by atoms with Crippen LogP contribution in [0.3, 0.4) is 0 Å². The number of rotatable bonds is 3. The normalized spacial score (nSPS) is 31.2. The van der Waals surface area contributed by atoms with Crippen LogP contribution in [0.15, 0.2) is 0 Å². The van der Waals surface area contributed by atoms with Gasteiger partial charge in [-0.3, -0.25) is 10.1 Å². The molecule has 0 aromatic carbocycles. The van der Waals surface area contributed by atoms with Gasteiger partial charge >= 0.3 is 6.03 Å². The number of nitrogens with zero attached hydrogens (tertiary/aromatic N) is 1. The summed E-state index contributed by atoms with van der Waals surface area (Å²) < 4.78 is 5.05. The van der Waals surface area contributed by atoms with E-state index >= 15 is 0 Å². The third kappa shape index (κ3) is 1.59. The van der Waals surface area contributed by atoms with Crippen molar-refractivity contribution in [1.29, 1.82) is 0 Å². The van der Waals surface area contributed by atoms with Gasteiger partial charge in [0.25, 0.3) is 5.91 Å². The highest BCUT2D eigenvalue weighted by atomic mass is 16.6. The van der Waals surface area contributed by atoms with Crippen LogP contribution in [0.5, 0.6) is 0 Å². The summed E-state index contributed by atoms with van der Waals surface area (Å²) in [7, 11) is 0. The Morgan fingerprint density at radius 3 is 2.71 bits per heavy atom. The number of imide groups is 1. The summed E-state index contributed by atoms with van der Waals surface area (Å²) in [4.78, 5) is 24.4. The van der Waals surface area contributed by atoms with Gasteiger partial charge in [0.05, 0.1) is 19.3 Å². The number of carbonyl (C=O) groups is 2. The Hall–Kier alpha value is -1.10. The van der Waals surface area contributed by atoms with Crippen molar-refractivity contribution in [3.63, 3.8) is 0 Å². The molecule has 2 fully saturated rings. The van der Waals surface area contributed by atoms with Gasteiger partial charge in [-0.1, -0.05) is 13.8 Å². The predicted octanol–water partition coefficient (Wildman–Crippen LogP) is -0.0384. The largest absolute Gasteiger partial charge is 0.371 e. The van der Waals surface area contributed by atoms with Gasteiger partial charge in [-0.05, 0) is 5.92 Å². The SMILES string of the molecule is CC(C)C1C(=O)NC(=O)N1CC1CO1. The van der Waals surface area contributed by atoms with Gasteiger partial charge in [-0.15, -0.1) is 0 Å². The van der Waals surface area contributed by atoms with Gasteiger partial charge in [-0.2, -0.15) is 0 Å². The molecule has 2 atom stereocenters. The highest BCUT2D eigenvalue weighted by Crippen LogP contribution is 2.20. The monoisotopic (exact) mass is 198 g/mol. The minimum atomic E-state index is -0.327. The lowest BCUT2D eigenvalue weighted by Crippen LogP contribution is -2.41. The van der Waals surface area contributed by atoms with E-state index in [2.05, 4.69) is 5.32 Å². The van der Waals surface area contributed by atoms with E-state index in [4.69, 9.17) is 4.74 Å². The first-order valence-corrected chi connectivity index (χ1v) is 4.82. The van der Waals surface area contributed by atoms with Crippen molar-refractivity contribution in [2.75, 3.05) is 13.2 Å². The number of urea groups is 1. The molecular formula is C9H14N2O3. The fourth-order valence-electron chi connectivity index (χ4n) is 1.77. The van der Waals surface area contributed by atoms with E-state index in [1.54, 1.807) is 4.90 Å². The molecule has 2 rings (SSSR count). The lowest BCUT2D eigenvalue weighted by Gasteiger charge is -2.23. The number of epoxide rings is 1. The van der Waals surface area contributed by atoms with Crippen LogP contribution in [0.25, 0.3) is 0 Å². The molecule has 3 amide bonds. The lowest BCUT2D eigenvalue weighted by atomic mass is 10.0. The van der Waals surface area contributed by atoms with Gasteiger partial charge in [0.1, 0.15) is 6.04 Å². The number of nitrogens with one attached hydrogen (secondary N) is 1. The van der Waals surface area contributed by atoms with Crippen LogP contribution in [0.2, 0.25) is 0 Å². The van der Waals surface area contributed by atoms with Crippen molar-refractivity contribution in [3.05, 3.63) is 0 Å². The molecule has 1 N–H and O–H groups in total. The average molecular weight is 198 g/mol. The number of carbonyl (C=O) groups excluding carboxylic acids is 2. The smallest absolute Gasteiger partial charge is 0.324 e. The molecule has 0 spiro atoms. The van der Waals surface area contributed by atoms with Crippen LogP contribution in [-0.4, -0.2) is 42.1 Å². The molecule has 2 heterocycles. The van der Waals surface area contributed by atoms with Crippen LogP contribution in [0.4, 0.5) is 4.79 Å². The fourth-order valence-corrected chi connectivity index (χ4v) is 1.77. The second-order valence-corrected chi connectivity index (χ2v) is 4.09. The quantitative estimate of drug-likeness (QED) is 0.511. The minimum Gasteiger partial charge on any atom is -0.371 e. The highest BCUT2D eigenvalue weighted by molar-refractivity contribution is 6.04. The molecule has 14 heavy (non-hydrogen) atoms. The Bertz CT molecular complexity index is 273. The first-order valence-electron chi connectivity index (χ1n) is 4.82. The Balaban J connectivity index is 2.08. The minimum absolute atomic E-state index is 0.132. The summed E-state index contributed by atoms with van der Waals surface area (Å²) in [6.07, 6.45) is 0.132. The van der Waals surface area contributed by atoms with Crippen LogP contribution in [-0.2, 0) is 9.53 Å². The second-order valence-electron chi connectivity index (χ2n) is 4.09. The Labute approximate surface area is 82.4 Å². The van der Waals surface area contributed by atoms with Crippen LogP contribution < -0.4 is 5.32 Å². The summed E-state index contributed by atoms with van der Waals surface area (Å²) >= 11 is 0. The molecule has 0 saturated carbocycles. The maximum atomic E-state index is 11.4. The van der Waals surface area contributed by atoms with Crippen molar-refractivity contribution in [3.8, 4) is 0 Å². The molecule has 0 bridgehead atoms. The Morgan fingerprint density at radius 2 is 2.21 bits per heavy atom. The summed E-state index contributed by atoms with van der Waals surface area (Å²) in [6.45, 7) is 5.09. The molecule has 0 aliphatic carbocycles. The molecule has 2 saturated heterocycles. The fraction of sp³-hybridized carbons (Fsp3) is 0.778. The molecule has 0 aromatic rings. The predicted molar refractivity (Wildman–Crippen MR) is 48.6 cm³/mol. The van der Waals surface area contributed by atoms with E-state index in [-0.39, 0.29) is 30.0 Å². The van der Waals surface area contributed by atoms with Crippen LogP contribution >= 0.6 is 0 Å². The zero-order valence-corrected chi connectivity index (χ0v) is 8.32. The third-order valence-electron chi connectivity index (χ3n) is 2.53. The first kappa shape index (κ1) is 9.45. The van der Waals surface area contributed by atoms with Crippen molar-refractivity contribution >= 4 is 11.9 Å². The molecule has 5 nitrogen and oxygen atoms in total. The van der Waals surface area contributed by atoms with E-state index in [1.165, 1.54) is 0 Å². The number of amides is 3. The molecule has 0 radical (unpaired) electrons. The summed E-state index contributed by atoms with van der Waals surface area (Å²) in [6, 6.07) is -0.615. The van der Waals surface area contributed by atoms with Gasteiger partial charge in [0, 0.05) is 0 Å². The Kier molecular flexibility index (Phi) is 2.19. The topological polar surface area (TPSA) is 61.9 Å². The molecule has 5 heteroatoms. The first-order chi connectivity index (χ1) is 6.59. The van der Waals surface area contributed by atoms with Crippen molar-refractivity contribution in [2.45, 2.75) is 26.0 Å². The van der Waals surface area contributed by atoms with Crippen LogP contribution in [0.1, 0.15) is 13.8 Å². The number of ether oxygens (including phenoxy) is 1. The van der Waals surface area contributed by atoms with E-state index in [0.29, 0.717) is 13.2 Å². The van der Waals surface area contributed by atoms with Gasteiger partial charge in [0.15, 0.2) is 0 Å². The number of hydrogen-bond acceptors (Lipinski definition) is 3. The Morgan fingerprint density at radius 1 is 1.57 bits per heavy atom. The van der Waals surface area contributed by atoms with E-state index in [9.17, 15) is 9.59 Å². The van der Waals surface area contributed by atoms with E-state index in [0.717, 1.165) is 0 Å². The van der Waals surface area contributed by atoms with E-state index in [1.807, 2.05) is 13.8 Å². The second kappa shape index (κ2) is 3.24. The highest BCUT2D eigenvalue weighted by Gasteiger charge is 2.42. The van der Waals surface area contributed by atoms with Gasteiger partial charge < -0.3 is 9.64 Å². The van der Waals surface area contributed by atoms with Crippen molar-refractivity contribution in [2.24, 2.45) is 5.92 Å². The molecule has 2 aliphatic heterocycles. The van der Waals surface area contributed by atoms with Gasteiger partial charge in [0.2, 0.25) is 0 Å². The average Bonchev–Trinajstić information content (AvgIpc) is 2.80. The number of hydrogen-bond donors (Lipinski definition) is 1. The van der Waals surface area contributed by atoms with E-state index < -0.39 is 0 Å². The zero-order valence-electron chi connectivity index (χ0n) is 8.32. The summed E-state index contributed by atoms with van der Waals surface area (Å²) in [5.74, 6) is -0.0501. The van der Waals surface area contributed by atoms with Crippen LogP contribution in [0, 0.1) is 5.92 Å². The summed E-state index contributed by atoms with van der Waals surface area (Å²) in [5.41, 5.74) is 0. The summed E-state index contributed by atoms with van der Waals surface area (Å²) in [5, 5.41) is 2.32. The maximum absolute atomic E-state index is 11.4. The van der Waals surface area contributed by atoms with Crippen molar-refractivity contribution in [1.82, 2.24) is 10.2 Å². The molecule has 78 valence electrons. The molecule has 0 aromatic heterocycles. The van der Waals surface area contributed by atoms with Crippen molar-refractivity contribution < 1.29 is 14.3 Å². The standard InChI is InChI=1S/C9H14N2O3/c1-5(2)7-8(12)10-9(13)11(7)3-6-4-14-6/h5-7H,3-4H2,1-2H3,(H,10,12,13). The molecule has 2 aliphatic rings. The molecule has 2 unspecified atom stereocenters. The molecular weight excluding hydrogens is 184 g/mol. The third-order valence-corrected chi connectivity index (χ3v) is 2.53. The van der Waals surface area contributed by atoms with Gasteiger partial charge in [-0.25, -0.2) is 4.79 Å². The zero-order chi connectivity index (χ0) is 10.3. The lowest BCUT2D eigenvalue weighted by molar-refractivity contribution is -0.122.